The zero-order valence-electron chi connectivity index (χ0n) is 7.30. The maximum atomic E-state index is 12.6. The highest BCUT2D eigenvalue weighted by atomic mass is 79.9. The molecule has 0 aliphatic heterocycles. The molecule has 1 nitrogen and oxygen atoms in total. The van der Waals surface area contributed by atoms with Crippen molar-refractivity contribution in [3.8, 4) is 0 Å². The van der Waals surface area contributed by atoms with Gasteiger partial charge in [-0.3, -0.25) is 0 Å². The number of benzene rings is 1. The number of alkyl halides is 5. The normalized spacial score (nSPS) is 14.3. The van der Waals surface area contributed by atoms with Crippen LogP contribution in [0.5, 0.6) is 0 Å². The van der Waals surface area contributed by atoms with E-state index in [4.69, 9.17) is 5.11 Å². The van der Waals surface area contributed by atoms with E-state index in [9.17, 15) is 17.6 Å². The second-order valence-electron chi connectivity index (χ2n) is 2.91. The Bertz CT molecular complexity index is 320. The minimum atomic E-state index is -3.47. The Morgan fingerprint density at radius 1 is 1.07 bits per heavy atom. The van der Waals surface area contributed by atoms with Crippen LogP contribution in [0.4, 0.5) is 17.6 Å². The van der Waals surface area contributed by atoms with Gasteiger partial charge in [0.25, 0.3) is 6.43 Å². The fourth-order valence-corrected chi connectivity index (χ4v) is 1.28. The lowest BCUT2D eigenvalue weighted by Gasteiger charge is -2.16. The van der Waals surface area contributed by atoms with E-state index < -0.39 is 17.4 Å². The molecule has 0 amide bonds. The molecule has 0 saturated heterocycles. The molecule has 0 aliphatic rings. The fourth-order valence-electron chi connectivity index (χ4n) is 1.01. The molecule has 1 aromatic rings. The van der Waals surface area contributed by atoms with Crippen molar-refractivity contribution in [2.75, 3.05) is 0 Å². The highest BCUT2D eigenvalue weighted by Crippen LogP contribution is 2.36. The van der Waals surface area contributed by atoms with E-state index in [2.05, 4.69) is 0 Å². The van der Waals surface area contributed by atoms with Gasteiger partial charge in [-0.2, -0.15) is 8.78 Å². The average Bonchev–Trinajstić information content (AvgIpc) is 2.15. The molecule has 0 bridgehead atoms. The fraction of sp³-hybridized carbons (Fsp3) is 0.333. The molecule has 1 N–H and O–H groups in total. The quantitative estimate of drug-likeness (QED) is 0.664. The molecule has 0 saturated carbocycles. The summed E-state index contributed by atoms with van der Waals surface area (Å²) in [5, 5.41) is 9.10. The van der Waals surface area contributed by atoms with E-state index >= 15 is 0 Å². The van der Waals surface area contributed by atoms with Crippen LogP contribution in [-0.2, 0) is 0 Å². The molecule has 84 valence electrons. The first kappa shape index (κ1) is 12.4. The van der Waals surface area contributed by atoms with Gasteiger partial charge >= 0.3 is 4.83 Å². The van der Waals surface area contributed by atoms with Gasteiger partial charge in [0.1, 0.15) is 0 Å². The predicted octanol–water partition coefficient (Wildman–Crippen LogP) is 3.65. The summed E-state index contributed by atoms with van der Waals surface area (Å²) in [6.45, 7) is 0. The molecule has 0 radical (unpaired) electrons. The molecule has 1 atom stereocenters. The summed E-state index contributed by atoms with van der Waals surface area (Å²) in [6, 6.07) is 4.09. The smallest absolute Gasteiger partial charge is 0.330 e. The molecular formula is C9H7BrF4O. The van der Waals surface area contributed by atoms with Crippen molar-refractivity contribution in [1.29, 1.82) is 0 Å². The van der Waals surface area contributed by atoms with Crippen LogP contribution in [-0.4, -0.2) is 9.94 Å². The summed E-state index contributed by atoms with van der Waals surface area (Å²) in [5.74, 6) is 0. The van der Waals surface area contributed by atoms with Crippen molar-refractivity contribution in [3.05, 3.63) is 35.4 Å². The molecule has 1 aromatic carbocycles. The number of hydrogen-bond donors (Lipinski definition) is 1. The van der Waals surface area contributed by atoms with Crippen molar-refractivity contribution in [2.45, 2.75) is 17.4 Å². The second kappa shape index (κ2) is 4.49. The molecule has 0 aliphatic carbocycles. The number of hydrogen-bond acceptors (Lipinski definition) is 1. The van der Waals surface area contributed by atoms with Gasteiger partial charge in [-0.05, 0) is 21.5 Å². The zero-order chi connectivity index (χ0) is 11.6. The largest absolute Gasteiger partial charge is 0.381 e. The van der Waals surface area contributed by atoms with E-state index in [0.29, 0.717) is 0 Å². The van der Waals surface area contributed by atoms with Crippen molar-refractivity contribution >= 4 is 15.9 Å². The van der Waals surface area contributed by atoms with Crippen LogP contribution >= 0.6 is 15.9 Å². The van der Waals surface area contributed by atoms with Crippen LogP contribution in [0, 0.1) is 0 Å². The molecule has 0 fully saturated rings. The first-order valence-corrected chi connectivity index (χ1v) is 4.74. The van der Waals surface area contributed by atoms with Gasteiger partial charge in [-0.25, -0.2) is 8.78 Å². The summed E-state index contributed by atoms with van der Waals surface area (Å²) in [4.78, 5) is -3.47. The lowest BCUT2D eigenvalue weighted by atomic mass is 10.1. The highest BCUT2D eigenvalue weighted by Gasteiger charge is 2.36. The molecule has 0 aromatic heterocycles. The monoisotopic (exact) mass is 286 g/mol. The second-order valence-corrected chi connectivity index (χ2v) is 3.97. The summed E-state index contributed by atoms with van der Waals surface area (Å²) in [7, 11) is 0. The number of aliphatic hydroxyl groups excluding tert-OH is 1. The molecule has 15 heavy (non-hydrogen) atoms. The van der Waals surface area contributed by atoms with Crippen LogP contribution in [0.15, 0.2) is 24.3 Å². The average molecular weight is 287 g/mol. The molecule has 1 rings (SSSR count). The lowest BCUT2D eigenvalue weighted by molar-refractivity contribution is -0.0294. The van der Waals surface area contributed by atoms with Crippen molar-refractivity contribution < 1.29 is 22.7 Å². The van der Waals surface area contributed by atoms with E-state index in [-0.39, 0.29) is 11.1 Å². The molecule has 1 unspecified atom stereocenters. The summed E-state index contributed by atoms with van der Waals surface area (Å²) >= 11 is 2.00. The standard InChI is InChI=1S/C9H7BrF4O/c10-9(13,14)7(15)5-1-3-6(4-2-5)8(11)12/h1-4,7-8,15H. The Morgan fingerprint density at radius 3 is 1.80 bits per heavy atom. The third kappa shape index (κ3) is 3.17. The van der Waals surface area contributed by atoms with Gasteiger partial charge < -0.3 is 5.11 Å². The van der Waals surface area contributed by atoms with Gasteiger partial charge in [-0.15, -0.1) is 0 Å². The topological polar surface area (TPSA) is 20.2 Å². The maximum absolute atomic E-state index is 12.6. The Balaban J connectivity index is 2.89. The van der Waals surface area contributed by atoms with Gasteiger partial charge in [0, 0.05) is 5.56 Å². The van der Waals surface area contributed by atoms with Crippen LogP contribution in [0.3, 0.4) is 0 Å². The van der Waals surface area contributed by atoms with Crippen molar-refractivity contribution in [3.63, 3.8) is 0 Å². The Hall–Kier alpha value is -0.620. The molecule has 0 heterocycles. The first-order valence-electron chi connectivity index (χ1n) is 3.95. The summed E-state index contributed by atoms with van der Waals surface area (Å²) in [5.41, 5.74) is -0.398. The first-order chi connectivity index (χ1) is 6.82. The van der Waals surface area contributed by atoms with Gasteiger partial charge in [0.2, 0.25) is 0 Å². The Morgan fingerprint density at radius 2 is 1.47 bits per heavy atom. The van der Waals surface area contributed by atoms with E-state index in [1.165, 1.54) is 0 Å². The SMILES string of the molecule is OC(c1ccc(C(F)F)cc1)C(F)(F)Br. The summed E-state index contributed by atoms with van der Waals surface area (Å²) < 4.78 is 49.4. The third-order valence-electron chi connectivity index (χ3n) is 1.81. The minimum absolute atomic E-state index is 0.124. The highest BCUT2D eigenvalue weighted by molar-refractivity contribution is 9.10. The minimum Gasteiger partial charge on any atom is -0.381 e. The Kier molecular flexibility index (Phi) is 3.72. The lowest BCUT2D eigenvalue weighted by Crippen LogP contribution is -2.18. The molecule has 6 heteroatoms. The maximum Gasteiger partial charge on any atom is 0.330 e. The van der Waals surface area contributed by atoms with Gasteiger partial charge in [0.15, 0.2) is 6.10 Å². The number of halogens is 5. The molecular weight excluding hydrogens is 280 g/mol. The van der Waals surface area contributed by atoms with Crippen LogP contribution in [0.1, 0.15) is 23.7 Å². The van der Waals surface area contributed by atoms with E-state index in [1.807, 2.05) is 15.9 Å². The summed E-state index contributed by atoms with van der Waals surface area (Å²) in [6.07, 6.45) is -4.70. The van der Waals surface area contributed by atoms with E-state index in [1.54, 1.807) is 0 Å². The molecule has 0 spiro atoms. The Labute approximate surface area is 91.9 Å². The predicted molar refractivity (Wildman–Crippen MR) is 50.2 cm³/mol. The van der Waals surface area contributed by atoms with Crippen molar-refractivity contribution in [1.82, 2.24) is 0 Å². The van der Waals surface area contributed by atoms with Crippen LogP contribution < -0.4 is 0 Å². The van der Waals surface area contributed by atoms with Gasteiger partial charge in [-0.1, -0.05) is 24.3 Å². The number of rotatable bonds is 3. The van der Waals surface area contributed by atoms with Crippen molar-refractivity contribution in [2.24, 2.45) is 0 Å². The van der Waals surface area contributed by atoms with Gasteiger partial charge in [0.05, 0.1) is 0 Å². The van der Waals surface area contributed by atoms with E-state index in [0.717, 1.165) is 24.3 Å². The zero-order valence-corrected chi connectivity index (χ0v) is 8.89. The van der Waals surface area contributed by atoms with Crippen LogP contribution in [0.2, 0.25) is 0 Å². The van der Waals surface area contributed by atoms with Crippen LogP contribution in [0.25, 0.3) is 0 Å². The third-order valence-corrected chi connectivity index (χ3v) is 2.25. The number of aliphatic hydroxyl groups is 1.